The van der Waals surface area contributed by atoms with Gasteiger partial charge in [-0.1, -0.05) is 115 Å². The first-order chi connectivity index (χ1) is 24.8. The van der Waals surface area contributed by atoms with Crippen LogP contribution in [0.25, 0.3) is 94.2 Å². The molecule has 0 aliphatic heterocycles. The molecule has 0 unspecified atom stereocenters. The van der Waals surface area contributed by atoms with Crippen molar-refractivity contribution in [1.29, 1.82) is 0 Å². The Hall–Kier alpha value is -6.78. The second-order valence-corrected chi connectivity index (χ2v) is 12.7. The van der Waals surface area contributed by atoms with E-state index in [0.29, 0.717) is 5.58 Å². The minimum absolute atomic E-state index is 0.707. The predicted molar refractivity (Wildman–Crippen MR) is 205 cm³/mol. The van der Waals surface area contributed by atoms with Gasteiger partial charge in [-0.3, -0.25) is 0 Å². The SMILES string of the molecule is c1ccc(-c2ccc3c(c2)c2cc(-c4ccccc4)ccc2n3-c2ccc(-c3cccc(-c4ncnc5c4oc4ccccc45)c3)cc2)cc1. The standard InChI is InChI=1S/C46H29N3O/c1-3-10-30(11-4-1)34-20-24-41-39(27-34)40-28-35(31-12-5-2-6-13-31)21-25-42(40)49(41)37-22-18-32(19-23-37)33-14-9-15-36(26-33)44-46-45(48-29-47-44)38-16-7-8-17-43(38)50-46/h1-29H. The Balaban J connectivity index is 1.08. The van der Waals surface area contributed by atoms with Crippen molar-refractivity contribution in [3.8, 4) is 50.3 Å². The van der Waals surface area contributed by atoms with Crippen molar-refractivity contribution >= 4 is 43.9 Å². The zero-order valence-corrected chi connectivity index (χ0v) is 27.0. The molecule has 0 aliphatic rings. The quantitative estimate of drug-likeness (QED) is 0.188. The first-order valence-corrected chi connectivity index (χ1v) is 16.8. The van der Waals surface area contributed by atoms with E-state index in [-0.39, 0.29) is 0 Å². The molecule has 0 spiro atoms. The van der Waals surface area contributed by atoms with Crippen LogP contribution in [0.1, 0.15) is 0 Å². The van der Waals surface area contributed by atoms with E-state index >= 15 is 0 Å². The van der Waals surface area contributed by atoms with Crippen molar-refractivity contribution in [2.45, 2.75) is 0 Å². The summed E-state index contributed by atoms with van der Waals surface area (Å²) in [4.78, 5) is 9.20. The van der Waals surface area contributed by atoms with Gasteiger partial charge in [-0.2, -0.15) is 0 Å². The second kappa shape index (κ2) is 11.4. The maximum atomic E-state index is 6.25. The average Bonchev–Trinajstić information content (AvgIpc) is 3.74. The maximum Gasteiger partial charge on any atom is 0.180 e. The van der Waals surface area contributed by atoms with Crippen LogP contribution in [0.2, 0.25) is 0 Å². The van der Waals surface area contributed by atoms with Gasteiger partial charge in [-0.15, -0.1) is 0 Å². The van der Waals surface area contributed by atoms with Crippen LogP contribution in [-0.2, 0) is 0 Å². The van der Waals surface area contributed by atoms with E-state index in [1.54, 1.807) is 6.33 Å². The Morgan fingerprint density at radius 1 is 0.400 bits per heavy atom. The van der Waals surface area contributed by atoms with Gasteiger partial charge in [0.1, 0.15) is 23.1 Å². The molecule has 4 nitrogen and oxygen atoms in total. The zero-order valence-electron chi connectivity index (χ0n) is 27.0. The summed E-state index contributed by atoms with van der Waals surface area (Å²) in [6.07, 6.45) is 1.62. The molecule has 0 saturated carbocycles. The van der Waals surface area contributed by atoms with E-state index in [9.17, 15) is 0 Å². The number of rotatable bonds is 5. The highest BCUT2D eigenvalue weighted by Gasteiger charge is 2.17. The summed E-state index contributed by atoms with van der Waals surface area (Å²) in [5.74, 6) is 0. The van der Waals surface area contributed by atoms with Gasteiger partial charge < -0.3 is 8.98 Å². The van der Waals surface area contributed by atoms with Crippen molar-refractivity contribution < 1.29 is 4.42 Å². The summed E-state index contributed by atoms with van der Waals surface area (Å²) < 4.78 is 8.63. The molecule has 0 bridgehead atoms. The van der Waals surface area contributed by atoms with Gasteiger partial charge in [0.2, 0.25) is 0 Å². The number of benzene rings is 7. The molecule has 0 N–H and O–H groups in total. The third-order valence-electron chi connectivity index (χ3n) is 9.73. The van der Waals surface area contributed by atoms with E-state index in [1.807, 2.05) is 24.3 Å². The van der Waals surface area contributed by atoms with E-state index in [0.717, 1.165) is 44.6 Å². The van der Waals surface area contributed by atoms with E-state index in [2.05, 4.69) is 160 Å². The molecular weight excluding hydrogens is 611 g/mol. The first kappa shape index (κ1) is 28.3. The van der Waals surface area contributed by atoms with Gasteiger partial charge in [0.15, 0.2) is 5.58 Å². The lowest BCUT2D eigenvalue weighted by Crippen LogP contribution is -1.94. The third kappa shape index (κ3) is 4.61. The zero-order chi connectivity index (χ0) is 33.0. The lowest BCUT2D eigenvalue weighted by molar-refractivity contribution is 0.667. The summed E-state index contributed by atoms with van der Waals surface area (Å²) in [6.45, 7) is 0. The van der Waals surface area contributed by atoms with Crippen LogP contribution in [0.3, 0.4) is 0 Å². The summed E-state index contributed by atoms with van der Waals surface area (Å²) in [5, 5.41) is 3.46. The van der Waals surface area contributed by atoms with Crippen molar-refractivity contribution in [2.24, 2.45) is 0 Å². The molecule has 0 radical (unpaired) electrons. The lowest BCUT2D eigenvalue weighted by Gasteiger charge is -2.11. The van der Waals surface area contributed by atoms with Crippen LogP contribution in [0.4, 0.5) is 0 Å². The molecule has 10 aromatic rings. The highest BCUT2D eigenvalue weighted by atomic mass is 16.3. The number of hydrogen-bond acceptors (Lipinski definition) is 3. The average molecular weight is 640 g/mol. The van der Waals surface area contributed by atoms with Crippen LogP contribution in [-0.4, -0.2) is 14.5 Å². The van der Waals surface area contributed by atoms with Crippen LogP contribution in [0, 0.1) is 0 Å². The van der Waals surface area contributed by atoms with E-state index in [1.165, 1.54) is 44.1 Å². The highest BCUT2D eigenvalue weighted by molar-refractivity contribution is 6.12. The molecule has 4 heteroatoms. The summed E-state index contributed by atoms with van der Waals surface area (Å²) in [6, 6.07) is 60.2. The largest absolute Gasteiger partial charge is 0.452 e. The fraction of sp³-hybridized carbons (Fsp3) is 0. The summed E-state index contributed by atoms with van der Waals surface area (Å²) >= 11 is 0. The molecule has 0 amide bonds. The maximum absolute atomic E-state index is 6.25. The third-order valence-corrected chi connectivity index (χ3v) is 9.73. The van der Waals surface area contributed by atoms with Crippen molar-refractivity contribution in [2.75, 3.05) is 0 Å². The Bertz CT molecular complexity index is 2750. The van der Waals surface area contributed by atoms with Crippen LogP contribution < -0.4 is 0 Å². The van der Waals surface area contributed by atoms with Gasteiger partial charge in [0.25, 0.3) is 0 Å². The minimum Gasteiger partial charge on any atom is -0.452 e. The van der Waals surface area contributed by atoms with Crippen molar-refractivity contribution in [1.82, 2.24) is 14.5 Å². The Morgan fingerprint density at radius 2 is 0.940 bits per heavy atom. The van der Waals surface area contributed by atoms with Crippen molar-refractivity contribution in [3.05, 3.63) is 176 Å². The van der Waals surface area contributed by atoms with E-state index < -0.39 is 0 Å². The molecular formula is C46H29N3O. The number of para-hydroxylation sites is 1. The molecule has 3 aromatic heterocycles. The van der Waals surface area contributed by atoms with Crippen LogP contribution in [0.5, 0.6) is 0 Å². The number of hydrogen-bond donors (Lipinski definition) is 0. The minimum atomic E-state index is 0.707. The molecule has 0 fully saturated rings. The Kier molecular flexibility index (Phi) is 6.46. The number of nitrogens with zero attached hydrogens (tertiary/aromatic N) is 3. The summed E-state index contributed by atoms with van der Waals surface area (Å²) in [7, 11) is 0. The normalized spacial score (nSPS) is 11.6. The molecule has 50 heavy (non-hydrogen) atoms. The van der Waals surface area contributed by atoms with E-state index in [4.69, 9.17) is 4.42 Å². The molecule has 234 valence electrons. The van der Waals surface area contributed by atoms with Crippen molar-refractivity contribution in [3.63, 3.8) is 0 Å². The topological polar surface area (TPSA) is 43.9 Å². The van der Waals surface area contributed by atoms with Gasteiger partial charge in [-0.25, -0.2) is 9.97 Å². The van der Waals surface area contributed by atoms with Crippen LogP contribution in [0.15, 0.2) is 181 Å². The predicted octanol–water partition coefficient (Wildman–Crippen LogP) is 12.1. The molecule has 10 rings (SSSR count). The number of furan rings is 1. The molecule has 3 heterocycles. The second-order valence-electron chi connectivity index (χ2n) is 12.7. The number of fused-ring (bicyclic) bond motifs is 6. The van der Waals surface area contributed by atoms with Gasteiger partial charge in [0.05, 0.1) is 11.0 Å². The fourth-order valence-corrected chi connectivity index (χ4v) is 7.30. The van der Waals surface area contributed by atoms with Gasteiger partial charge in [-0.05, 0) is 88.0 Å². The van der Waals surface area contributed by atoms with Gasteiger partial charge >= 0.3 is 0 Å². The summed E-state index contributed by atoms with van der Waals surface area (Å²) in [5.41, 5.74) is 14.7. The monoisotopic (exact) mass is 639 g/mol. The van der Waals surface area contributed by atoms with Gasteiger partial charge in [0, 0.05) is 27.4 Å². The number of aromatic nitrogens is 3. The molecule has 0 aliphatic carbocycles. The molecule has 0 saturated heterocycles. The van der Waals surface area contributed by atoms with Crippen LogP contribution >= 0.6 is 0 Å². The lowest BCUT2D eigenvalue weighted by atomic mass is 10.0. The molecule has 7 aromatic carbocycles. The molecule has 0 atom stereocenters. The first-order valence-electron chi connectivity index (χ1n) is 16.8. The Labute approximate surface area is 288 Å². The smallest absolute Gasteiger partial charge is 0.180 e. The fourth-order valence-electron chi connectivity index (χ4n) is 7.30. The highest BCUT2D eigenvalue weighted by Crippen LogP contribution is 2.38. The Morgan fingerprint density at radius 3 is 1.62 bits per heavy atom.